The van der Waals surface area contributed by atoms with Gasteiger partial charge >= 0.3 is 15.6 Å². The Hall–Kier alpha value is -2.29. The number of rotatable bonds is 2. The monoisotopic (exact) mass is 468 g/mol. The maximum absolute atomic E-state index is 10.7. The van der Waals surface area contributed by atoms with Gasteiger partial charge in [-0.1, -0.05) is 87.5 Å². The van der Waals surface area contributed by atoms with E-state index >= 15 is 0 Å². The maximum Gasteiger partial charge on any atom is 0.522 e. The first kappa shape index (κ1) is 25.0. The van der Waals surface area contributed by atoms with Crippen LogP contribution in [-0.4, -0.2) is 18.5 Å². The van der Waals surface area contributed by atoms with Crippen LogP contribution in [0.15, 0.2) is 77.7 Å². The normalized spacial score (nSPS) is 12.1. The van der Waals surface area contributed by atoms with Crippen LogP contribution in [0.5, 0.6) is 0 Å². The van der Waals surface area contributed by atoms with E-state index in [2.05, 4.69) is 93.6 Å². The Morgan fingerprint density at radius 3 is 1.48 bits per heavy atom. The lowest BCUT2D eigenvalue weighted by Gasteiger charge is -2.26. The second kappa shape index (κ2) is 9.46. The molecule has 3 aromatic carbocycles. The summed E-state index contributed by atoms with van der Waals surface area (Å²) < 4.78 is 57.5. The number of benzene rings is 3. The fourth-order valence-electron chi connectivity index (χ4n) is 3.02. The van der Waals surface area contributed by atoms with Crippen molar-refractivity contribution in [3.63, 3.8) is 0 Å². The van der Waals surface area contributed by atoms with Gasteiger partial charge in [0.25, 0.3) is 0 Å². The summed E-state index contributed by atoms with van der Waals surface area (Å²) in [7, 11) is -5.84. The highest BCUT2D eigenvalue weighted by molar-refractivity contribution is 7.86. The van der Waals surface area contributed by atoms with Crippen LogP contribution in [0.25, 0.3) is 22.3 Å². The predicted octanol–water partition coefficient (Wildman–Crippen LogP) is 7.00. The topological polar surface area (TPSA) is 54.4 Å². The zero-order chi connectivity index (χ0) is 23.4. The van der Waals surface area contributed by atoms with E-state index in [-0.39, 0.29) is 5.41 Å². The third kappa shape index (κ3) is 6.35. The van der Waals surface area contributed by atoms with Crippen molar-refractivity contribution in [2.24, 2.45) is 0 Å². The van der Waals surface area contributed by atoms with Gasteiger partial charge in [-0.2, -0.15) is 21.6 Å². The van der Waals surface area contributed by atoms with Crippen LogP contribution in [0.4, 0.5) is 13.2 Å². The molecule has 3 nitrogen and oxygen atoms in total. The highest BCUT2D eigenvalue weighted by Gasteiger charge is 2.44. The van der Waals surface area contributed by atoms with Gasteiger partial charge in [-0.05, 0) is 33.7 Å². The molecular weight excluding hydrogens is 445 g/mol. The third-order valence-corrected chi connectivity index (χ3v) is 5.37. The molecule has 8 heteroatoms. The Morgan fingerprint density at radius 2 is 1.13 bits per heavy atom. The van der Waals surface area contributed by atoms with Crippen molar-refractivity contribution >= 4 is 22.7 Å². The van der Waals surface area contributed by atoms with E-state index in [9.17, 15) is 13.2 Å². The first-order valence-corrected chi connectivity index (χ1v) is 11.1. The van der Waals surface area contributed by atoms with Crippen LogP contribution in [0.2, 0.25) is 0 Å². The average Bonchev–Trinajstić information content (AvgIpc) is 2.67. The molecule has 0 saturated carbocycles. The Bertz CT molecular complexity index is 1120. The minimum absolute atomic E-state index is 0.0657. The van der Waals surface area contributed by atoms with Gasteiger partial charge in [-0.15, -0.1) is 12.6 Å². The molecule has 0 fully saturated rings. The molecule has 0 aliphatic heterocycles. The molecule has 0 aromatic heterocycles. The van der Waals surface area contributed by atoms with Crippen LogP contribution in [-0.2, 0) is 15.5 Å². The summed E-state index contributed by atoms with van der Waals surface area (Å²) >= 11 is 4.77. The zero-order valence-corrected chi connectivity index (χ0v) is 18.9. The van der Waals surface area contributed by atoms with E-state index in [0.29, 0.717) is 0 Å². The van der Waals surface area contributed by atoms with Crippen LogP contribution >= 0.6 is 12.6 Å². The Balaban J connectivity index is 0.000000366. The molecule has 1 N–H and O–H groups in total. The smallest absolute Gasteiger partial charge is 0.279 e. The Morgan fingerprint density at radius 1 is 0.742 bits per heavy atom. The minimum Gasteiger partial charge on any atom is -0.279 e. The molecule has 0 radical (unpaired) electrons. The lowest BCUT2D eigenvalue weighted by atomic mass is 9.79. The van der Waals surface area contributed by atoms with Crippen molar-refractivity contribution in [2.45, 2.75) is 36.6 Å². The third-order valence-electron chi connectivity index (χ3n) is 4.41. The fraction of sp³-hybridized carbons (Fsp3) is 0.217. The van der Waals surface area contributed by atoms with Crippen LogP contribution in [0, 0.1) is 0 Å². The molecule has 3 rings (SSSR count). The second-order valence-electron chi connectivity index (χ2n) is 7.79. The van der Waals surface area contributed by atoms with Gasteiger partial charge in [0, 0.05) is 10.5 Å². The van der Waals surface area contributed by atoms with Crippen molar-refractivity contribution in [1.29, 1.82) is 0 Å². The van der Waals surface area contributed by atoms with Gasteiger partial charge < -0.3 is 0 Å². The number of hydrogen-bond donors (Lipinski definition) is 2. The summed E-state index contributed by atoms with van der Waals surface area (Å²) in [5, 5.41) is 0. The molecule has 0 heterocycles. The average molecular weight is 469 g/mol. The van der Waals surface area contributed by atoms with Crippen LogP contribution < -0.4 is 0 Å². The van der Waals surface area contributed by atoms with Gasteiger partial charge in [-0.3, -0.25) is 4.55 Å². The van der Waals surface area contributed by atoms with E-state index in [4.69, 9.17) is 25.6 Å². The van der Waals surface area contributed by atoms with E-state index in [0.717, 1.165) is 4.90 Å². The summed E-state index contributed by atoms with van der Waals surface area (Å²) in [6.45, 7) is 6.80. The minimum atomic E-state index is -5.84. The number of thiol groups is 1. The van der Waals surface area contributed by atoms with Gasteiger partial charge in [0.15, 0.2) is 0 Å². The molecule has 166 valence electrons. The molecule has 3 aromatic rings. The summed E-state index contributed by atoms with van der Waals surface area (Å²) in [5.74, 6) is 0. The molecular formula is C23H23F3O3S2. The van der Waals surface area contributed by atoms with Crippen molar-refractivity contribution < 1.29 is 26.1 Å². The maximum atomic E-state index is 10.7. The van der Waals surface area contributed by atoms with Crippen molar-refractivity contribution in [2.75, 3.05) is 0 Å². The number of alkyl halides is 3. The van der Waals surface area contributed by atoms with E-state index in [1.807, 2.05) is 0 Å². The quantitative estimate of drug-likeness (QED) is 0.242. The number of hydrogen-bond acceptors (Lipinski definition) is 3. The summed E-state index contributed by atoms with van der Waals surface area (Å²) in [5.41, 5.74) is 0.836. The Labute approximate surface area is 186 Å². The molecule has 0 spiro atoms. The molecule has 0 bridgehead atoms. The van der Waals surface area contributed by atoms with Crippen LogP contribution in [0.3, 0.4) is 0 Å². The molecule has 31 heavy (non-hydrogen) atoms. The standard InChI is InChI=1S/C22H22S.CHF3O3S/c1-22(2,3)18-14-15-19(23)21(17-12-8-5-9-13-17)20(18)16-10-6-4-7-11-16;2-1(3,4)8(5,6)7/h4-15,23H,1-3H3;(H,5,6,7). The molecule has 0 amide bonds. The summed E-state index contributed by atoms with van der Waals surface area (Å²) in [4.78, 5) is 1.02. The fourth-order valence-corrected chi connectivity index (χ4v) is 3.33. The van der Waals surface area contributed by atoms with Gasteiger partial charge in [-0.25, -0.2) is 0 Å². The summed E-state index contributed by atoms with van der Waals surface area (Å²) in [6.07, 6.45) is 0. The van der Waals surface area contributed by atoms with Crippen molar-refractivity contribution in [1.82, 2.24) is 0 Å². The van der Waals surface area contributed by atoms with Gasteiger partial charge in [0.05, 0.1) is 0 Å². The SMILES string of the molecule is CC(C)(C)c1ccc(S)c(-c2ccccc2)c1-c1ccccc1.O=S(=O)(O)C(F)(F)F. The zero-order valence-electron chi connectivity index (χ0n) is 17.2. The largest absolute Gasteiger partial charge is 0.522 e. The first-order valence-electron chi connectivity index (χ1n) is 9.24. The van der Waals surface area contributed by atoms with E-state index < -0.39 is 15.6 Å². The summed E-state index contributed by atoms with van der Waals surface area (Å²) in [6, 6.07) is 25.5. The molecule has 0 atom stereocenters. The lowest BCUT2D eigenvalue weighted by Crippen LogP contribution is -2.21. The second-order valence-corrected chi connectivity index (χ2v) is 9.68. The van der Waals surface area contributed by atoms with Crippen molar-refractivity contribution in [3.05, 3.63) is 78.4 Å². The van der Waals surface area contributed by atoms with E-state index in [1.165, 1.54) is 27.8 Å². The van der Waals surface area contributed by atoms with Gasteiger partial charge in [0.1, 0.15) is 0 Å². The predicted molar refractivity (Wildman–Crippen MR) is 121 cm³/mol. The number of halogens is 3. The lowest BCUT2D eigenvalue weighted by molar-refractivity contribution is -0.0510. The highest BCUT2D eigenvalue weighted by atomic mass is 32.2. The molecule has 0 aliphatic carbocycles. The molecule has 0 unspecified atom stereocenters. The Kier molecular flexibility index (Phi) is 7.62. The van der Waals surface area contributed by atoms with Crippen molar-refractivity contribution in [3.8, 4) is 22.3 Å². The van der Waals surface area contributed by atoms with E-state index in [1.54, 1.807) is 0 Å². The first-order chi connectivity index (χ1) is 14.2. The molecule has 0 saturated heterocycles. The van der Waals surface area contributed by atoms with Crippen LogP contribution in [0.1, 0.15) is 26.3 Å². The highest BCUT2D eigenvalue weighted by Crippen LogP contribution is 2.43. The molecule has 0 aliphatic rings. The van der Waals surface area contributed by atoms with Gasteiger partial charge in [0.2, 0.25) is 0 Å².